The molecule has 0 aromatic carbocycles. The van der Waals surface area contributed by atoms with E-state index in [2.05, 4.69) is 40.9 Å². The summed E-state index contributed by atoms with van der Waals surface area (Å²) in [5.41, 5.74) is 0. The van der Waals surface area contributed by atoms with Crippen LogP contribution in [0.2, 0.25) is 0 Å². The molecule has 144 valence electrons. The monoisotopic (exact) mass is 351 g/mol. The Morgan fingerprint density at radius 2 is 1.60 bits per heavy atom. The van der Waals surface area contributed by atoms with Gasteiger partial charge < -0.3 is 15.1 Å². The van der Waals surface area contributed by atoms with Crippen LogP contribution < -0.4 is 5.32 Å². The first-order valence-corrected chi connectivity index (χ1v) is 10.1. The number of rotatable bonds is 6. The van der Waals surface area contributed by atoms with Crippen LogP contribution in [0.25, 0.3) is 0 Å². The minimum atomic E-state index is -0.000197. The molecule has 2 aliphatic rings. The first kappa shape index (κ1) is 20.0. The molecule has 0 aliphatic carbocycles. The SMILES string of the molecule is CCC(CC)CNC(=NC)N1CCN(C(C)C(=O)N2CCCC2)CC1. The van der Waals surface area contributed by atoms with Gasteiger partial charge >= 0.3 is 0 Å². The Morgan fingerprint density at radius 3 is 2.12 bits per heavy atom. The van der Waals surface area contributed by atoms with E-state index in [9.17, 15) is 4.79 Å². The van der Waals surface area contributed by atoms with Crippen LogP contribution in [-0.4, -0.2) is 85.5 Å². The highest BCUT2D eigenvalue weighted by Crippen LogP contribution is 2.14. The van der Waals surface area contributed by atoms with E-state index >= 15 is 0 Å². The molecule has 1 N–H and O–H groups in total. The molecule has 2 saturated heterocycles. The Kier molecular flexibility index (Phi) is 8.00. The lowest BCUT2D eigenvalue weighted by Gasteiger charge is -2.39. The fourth-order valence-electron chi connectivity index (χ4n) is 3.82. The fourth-order valence-corrected chi connectivity index (χ4v) is 3.82. The minimum absolute atomic E-state index is 0.000197. The molecule has 6 heteroatoms. The number of amides is 1. The Labute approximate surface area is 153 Å². The quantitative estimate of drug-likeness (QED) is 0.584. The number of hydrogen-bond acceptors (Lipinski definition) is 3. The van der Waals surface area contributed by atoms with Crippen molar-refractivity contribution in [1.29, 1.82) is 0 Å². The average molecular weight is 352 g/mol. The Morgan fingerprint density at radius 1 is 1.00 bits per heavy atom. The molecule has 2 fully saturated rings. The molecule has 0 spiro atoms. The van der Waals surface area contributed by atoms with Gasteiger partial charge in [0.2, 0.25) is 5.91 Å². The van der Waals surface area contributed by atoms with Crippen LogP contribution in [-0.2, 0) is 4.79 Å². The van der Waals surface area contributed by atoms with Gasteiger partial charge in [-0.1, -0.05) is 26.7 Å². The van der Waals surface area contributed by atoms with Gasteiger partial charge in [0, 0.05) is 52.9 Å². The molecule has 2 rings (SSSR count). The van der Waals surface area contributed by atoms with Crippen LogP contribution in [0.1, 0.15) is 46.5 Å². The van der Waals surface area contributed by atoms with Crippen molar-refractivity contribution in [3.8, 4) is 0 Å². The summed E-state index contributed by atoms with van der Waals surface area (Å²) in [6.07, 6.45) is 4.71. The van der Waals surface area contributed by atoms with E-state index in [1.54, 1.807) is 0 Å². The largest absolute Gasteiger partial charge is 0.356 e. The molecule has 1 unspecified atom stereocenters. The maximum absolute atomic E-state index is 12.6. The normalized spacial score (nSPS) is 21.1. The van der Waals surface area contributed by atoms with Crippen LogP contribution >= 0.6 is 0 Å². The van der Waals surface area contributed by atoms with Gasteiger partial charge in [-0.05, 0) is 25.7 Å². The Bertz CT molecular complexity index is 435. The second kappa shape index (κ2) is 10.00. The third-order valence-corrected chi connectivity index (χ3v) is 5.85. The highest BCUT2D eigenvalue weighted by Gasteiger charge is 2.30. The summed E-state index contributed by atoms with van der Waals surface area (Å²) in [5, 5.41) is 3.53. The van der Waals surface area contributed by atoms with Crippen molar-refractivity contribution < 1.29 is 4.79 Å². The van der Waals surface area contributed by atoms with E-state index in [0.29, 0.717) is 11.8 Å². The maximum atomic E-state index is 12.6. The molecule has 2 aliphatic heterocycles. The van der Waals surface area contributed by atoms with Crippen molar-refractivity contribution in [2.45, 2.75) is 52.5 Å². The van der Waals surface area contributed by atoms with E-state index in [-0.39, 0.29) is 6.04 Å². The number of carbonyl (C=O) groups excluding carboxylic acids is 1. The average Bonchev–Trinajstić information content (AvgIpc) is 3.19. The third kappa shape index (κ3) is 5.33. The number of nitrogens with zero attached hydrogens (tertiary/aromatic N) is 4. The summed E-state index contributed by atoms with van der Waals surface area (Å²) < 4.78 is 0. The number of carbonyl (C=O) groups is 1. The molecule has 1 amide bonds. The predicted molar refractivity (Wildman–Crippen MR) is 104 cm³/mol. The van der Waals surface area contributed by atoms with Crippen LogP contribution in [0.3, 0.4) is 0 Å². The lowest BCUT2D eigenvalue weighted by atomic mass is 10.0. The number of aliphatic imine (C=N–C) groups is 1. The number of nitrogens with one attached hydrogen (secondary N) is 1. The molecular weight excluding hydrogens is 314 g/mol. The first-order chi connectivity index (χ1) is 12.1. The second-order valence-corrected chi connectivity index (χ2v) is 7.34. The second-order valence-electron chi connectivity index (χ2n) is 7.34. The van der Waals surface area contributed by atoms with Gasteiger partial charge in [-0.3, -0.25) is 14.7 Å². The third-order valence-electron chi connectivity index (χ3n) is 5.85. The number of piperazine rings is 1. The van der Waals surface area contributed by atoms with Gasteiger partial charge in [0.15, 0.2) is 5.96 Å². The summed E-state index contributed by atoms with van der Waals surface area (Å²) in [5.74, 6) is 2.02. The molecule has 1 atom stereocenters. The lowest BCUT2D eigenvalue weighted by molar-refractivity contribution is -0.135. The highest BCUT2D eigenvalue weighted by atomic mass is 16.2. The van der Waals surface area contributed by atoms with Gasteiger partial charge in [0.25, 0.3) is 0 Å². The van der Waals surface area contributed by atoms with Gasteiger partial charge in [0.05, 0.1) is 6.04 Å². The van der Waals surface area contributed by atoms with Crippen molar-refractivity contribution in [2.24, 2.45) is 10.9 Å². The Balaban J connectivity index is 1.80. The standard InChI is InChI=1S/C19H37N5O/c1-5-17(6-2)15-21-19(20-4)24-13-11-22(12-14-24)16(3)18(25)23-9-7-8-10-23/h16-17H,5-15H2,1-4H3,(H,20,21). The molecule has 25 heavy (non-hydrogen) atoms. The number of likely N-dealkylation sites (tertiary alicyclic amines) is 1. The van der Waals surface area contributed by atoms with Gasteiger partial charge in [-0.15, -0.1) is 0 Å². The maximum Gasteiger partial charge on any atom is 0.239 e. The summed E-state index contributed by atoms with van der Waals surface area (Å²) in [6, 6.07) is -0.000197. The number of hydrogen-bond donors (Lipinski definition) is 1. The van der Waals surface area contributed by atoms with Crippen LogP contribution in [0.15, 0.2) is 4.99 Å². The first-order valence-electron chi connectivity index (χ1n) is 10.1. The van der Waals surface area contributed by atoms with Crippen molar-refractivity contribution in [2.75, 3.05) is 52.9 Å². The van der Waals surface area contributed by atoms with Gasteiger partial charge in [0.1, 0.15) is 0 Å². The Hall–Kier alpha value is -1.30. The topological polar surface area (TPSA) is 51.2 Å². The predicted octanol–water partition coefficient (Wildman–Crippen LogP) is 1.63. The summed E-state index contributed by atoms with van der Waals surface area (Å²) in [7, 11) is 1.86. The summed E-state index contributed by atoms with van der Waals surface area (Å²) in [6.45, 7) is 13.1. The van der Waals surface area contributed by atoms with Crippen LogP contribution in [0.5, 0.6) is 0 Å². The van der Waals surface area contributed by atoms with Crippen LogP contribution in [0, 0.1) is 5.92 Å². The summed E-state index contributed by atoms with van der Waals surface area (Å²) in [4.78, 5) is 23.7. The molecule has 2 heterocycles. The molecule has 6 nitrogen and oxygen atoms in total. The number of guanidine groups is 1. The van der Waals surface area contributed by atoms with E-state index < -0.39 is 0 Å². The minimum Gasteiger partial charge on any atom is -0.356 e. The van der Waals surface area contributed by atoms with E-state index in [1.165, 1.54) is 12.8 Å². The van der Waals surface area contributed by atoms with Gasteiger partial charge in [-0.2, -0.15) is 0 Å². The molecular formula is C19H37N5O. The molecule has 0 bridgehead atoms. The smallest absolute Gasteiger partial charge is 0.239 e. The fraction of sp³-hybridized carbons (Fsp3) is 0.895. The van der Waals surface area contributed by atoms with E-state index in [0.717, 1.165) is 64.6 Å². The van der Waals surface area contributed by atoms with Crippen molar-refractivity contribution in [3.63, 3.8) is 0 Å². The van der Waals surface area contributed by atoms with Gasteiger partial charge in [-0.25, -0.2) is 0 Å². The molecule has 0 radical (unpaired) electrons. The highest BCUT2D eigenvalue weighted by molar-refractivity contribution is 5.82. The zero-order chi connectivity index (χ0) is 18.2. The molecule has 0 aromatic heterocycles. The molecule has 0 aromatic rings. The summed E-state index contributed by atoms with van der Waals surface area (Å²) >= 11 is 0. The van der Waals surface area contributed by atoms with E-state index in [4.69, 9.17) is 0 Å². The zero-order valence-electron chi connectivity index (χ0n) is 16.6. The van der Waals surface area contributed by atoms with Crippen molar-refractivity contribution in [1.82, 2.24) is 20.0 Å². The van der Waals surface area contributed by atoms with Crippen molar-refractivity contribution >= 4 is 11.9 Å². The van der Waals surface area contributed by atoms with Crippen LogP contribution in [0.4, 0.5) is 0 Å². The lowest BCUT2D eigenvalue weighted by Crippen LogP contribution is -2.57. The molecule has 0 saturated carbocycles. The van der Waals surface area contributed by atoms with Crippen molar-refractivity contribution in [3.05, 3.63) is 0 Å². The zero-order valence-corrected chi connectivity index (χ0v) is 16.6. The van der Waals surface area contributed by atoms with E-state index in [1.807, 2.05) is 11.9 Å².